The van der Waals surface area contributed by atoms with E-state index >= 15 is 0 Å². The summed E-state index contributed by atoms with van der Waals surface area (Å²) in [4.78, 5) is 26.4. The van der Waals surface area contributed by atoms with Crippen molar-refractivity contribution in [1.29, 1.82) is 0 Å². The lowest BCUT2D eigenvalue weighted by Gasteiger charge is -2.04. The number of anilines is 1. The fourth-order valence-electron chi connectivity index (χ4n) is 2.18. The third kappa shape index (κ3) is 4.23. The van der Waals surface area contributed by atoms with Crippen LogP contribution < -0.4 is 10.1 Å². The van der Waals surface area contributed by atoms with E-state index in [9.17, 15) is 14.9 Å². The molecule has 0 unspecified atom stereocenters. The summed E-state index contributed by atoms with van der Waals surface area (Å²) in [6.45, 7) is 1.99. The summed E-state index contributed by atoms with van der Waals surface area (Å²) in [5, 5.41) is 13.3. The van der Waals surface area contributed by atoms with Crippen LogP contribution in [-0.4, -0.2) is 15.8 Å². The van der Waals surface area contributed by atoms with Gasteiger partial charge in [0, 0.05) is 18.3 Å². The Morgan fingerprint density at radius 3 is 2.69 bits per heavy atom. The van der Waals surface area contributed by atoms with Crippen LogP contribution in [0.4, 0.5) is 11.5 Å². The van der Waals surface area contributed by atoms with Crippen molar-refractivity contribution < 1.29 is 18.9 Å². The Kier molecular flexibility index (Phi) is 4.93. The Balaban J connectivity index is 1.58. The number of furan rings is 1. The van der Waals surface area contributed by atoms with Crippen LogP contribution in [0.2, 0.25) is 0 Å². The van der Waals surface area contributed by atoms with Gasteiger partial charge in [-0.15, -0.1) is 0 Å². The van der Waals surface area contributed by atoms with E-state index in [-0.39, 0.29) is 18.1 Å². The molecule has 0 atom stereocenters. The lowest BCUT2D eigenvalue weighted by Crippen LogP contribution is -2.12. The number of nitro groups is 1. The van der Waals surface area contributed by atoms with E-state index in [4.69, 9.17) is 9.15 Å². The van der Waals surface area contributed by atoms with Crippen LogP contribution in [0.15, 0.2) is 59.1 Å². The molecule has 1 amide bonds. The van der Waals surface area contributed by atoms with Gasteiger partial charge in [0.1, 0.15) is 23.9 Å². The molecule has 0 aliphatic carbocycles. The zero-order valence-corrected chi connectivity index (χ0v) is 13.8. The highest BCUT2D eigenvalue weighted by Gasteiger charge is 2.13. The molecule has 0 aliphatic heterocycles. The highest BCUT2D eigenvalue weighted by molar-refractivity contribution is 6.01. The van der Waals surface area contributed by atoms with E-state index in [2.05, 4.69) is 10.3 Å². The minimum atomic E-state index is -0.482. The molecule has 3 rings (SSSR count). The van der Waals surface area contributed by atoms with Crippen LogP contribution in [0.1, 0.15) is 21.9 Å². The molecule has 0 saturated heterocycles. The summed E-state index contributed by atoms with van der Waals surface area (Å²) >= 11 is 0. The maximum absolute atomic E-state index is 12.2. The molecule has 26 heavy (non-hydrogen) atoms. The average Bonchev–Trinajstić information content (AvgIpc) is 3.09. The maximum atomic E-state index is 12.2. The normalized spacial score (nSPS) is 10.3. The number of non-ortho nitro benzene ring substituents is 1. The molecule has 0 spiro atoms. The van der Waals surface area contributed by atoms with E-state index in [1.807, 2.05) is 13.0 Å². The monoisotopic (exact) mass is 353 g/mol. The maximum Gasteiger partial charge on any atom is 0.292 e. The van der Waals surface area contributed by atoms with Gasteiger partial charge in [-0.25, -0.2) is 4.98 Å². The molecule has 8 heteroatoms. The number of ether oxygens (including phenoxy) is 1. The molecule has 0 saturated carbocycles. The minimum Gasteiger partial charge on any atom is -0.486 e. The second-order valence-corrected chi connectivity index (χ2v) is 5.48. The molecule has 2 heterocycles. The second-order valence-electron chi connectivity index (χ2n) is 5.48. The Labute approximate surface area is 148 Å². The van der Waals surface area contributed by atoms with Gasteiger partial charge < -0.3 is 14.5 Å². The van der Waals surface area contributed by atoms with E-state index in [0.717, 1.165) is 5.56 Å². The number of nitrogens with one attached hydrogen (secondary N) is 1. The van der Waals surface area contributed by atoms with Crippen molar-refractivity contribution in [2.24, 2.45) is 0 Å². The summed E-state index contributed by atoms with van der Waals surface area (Å²) < 4.78 is 11.0. The molecule has 1 N–H and O–H groups in total. The standard InChI is InChI=1S/C18H15N3O5/c1-12-8-9-19-17(10-12)20-18(22)16-7-6-15(26-16)11-25-14-4-2-13(3-5-14)21(23)24/h2-10H,11H2,1H3,(H,19,20,22). The van der Waals surface area contributed by atoms with Crippen molar-refractivity contribution in [2.75, 3.05) is 5.32 Å². The number of pyridine rings is 1. The Morgan fingerprint density at radius 1 is 1.23 bits per heavy atom. The first-order valence-corrected chi connectivity index (χ1v) is 7.71. The van der Waals surface area contributed by atoms with Gasteiger partial charge in [-0.1, -0.05) is 0 Å². The molecular weight excluding hydrogens is 338 g/mol. The van der Waals surface area contributed by atoms with Gasteiger partial charge in [0.2, 0.25) is 0 Å². The van der Waals surface area contributed by atoms with Crippen LogP contribution in [0.5, 0.6) is 5.75 Å². The Morgan fingerprint density at radius 2 is 2.00 bits per heavy atom. The van der Waals surface area contributed by atoms with Gasteiger partial charge in [0.25, 0.3) is 11.6 Å². The number of rotatable bonds is 6. The number of hydrogen-bond donors (Lipinski definition) is 1. The quantitative estimate of drug-likeness (QED) is 0.534. The number of carbonyl (C=O) groups excluding carboxylic acids is 1. The largest absolute Gasteiger partial charge is 0.486 e. The van der Waals surface area contributed by atoms with Crippen LogP contribution in [-0.2, 0) is 6.61 Å². The zero-order chi connectivity index (χ0) is 18.5. The third-order valence-electron chi connectivity index (χ3n) is 3.47. The summed E-state index contributed by atoms with van der Waals surface area (Å²) in [6, 6.07) is 12.5. The van der Waals surface area contributed by atoms with Gasteiger partial charge in [0.15, 0.2) is 5.76 Å². The molecule has 0 radical (unpaired) electrons. The number of nitro benzene ring substituents is 1. The third-order valence-corrected chi connectivity index (χ3v) is 3.47. The molecule has 2 aromatic heterocycles. The van der Waals surface area contributed by atoms with Crippen molar-refractivity contribution >= 4 is 17.4 Å². The number of amides is 1. The second kappa shape index (κ2) is 7.47. The molecule has 0 bridgehead atoms. The Hall–Kier alpha value is -3.68. The molecule has 0 fully saturated rings. The van der Waals surface area contributed by atoms with Crippen molar-refractivity contribution in [2.45, 2.75) is 13.5 Å². The number of nitrogens with zero attached hydrogens (tertiary/aromatic N) is 2. The first kappa shape index (κ1) is 17.2. The van der Waals surface area contributed by atoms with Crippen molar-refractivity contribution in [3.05, 3.63) is 81.9 Å². The van der Waals surface area contributed by atoms with Gasteiger partial charge in [0.05, 0.1) is 4.92 Å². The van der Waals surface area contributed by atoms with Crippen LogP contribution in [0, 0.1) is 17.0 Å². The summed E-state index contributed by atoms with van der Waals surface area (Å²) in [5.74, 6) is 1.07. The lowest BCUT2D eigenvalue weighted by atomic mass is 10.3. The van der Waals surface area contributed by atoms with Crippen LogP contribution >= 0.6 is 0 Å². The molecule has 0 aliphatic rings. The average molecular weight is 353 g/mol. The summed E-state index contributed by atoms with van der Waals surface area (Å²) in [7, 11) is 0. The summed E-state index contributed by atoms with van der Waals surface area (Å²) in [5.41, 5.74) is 0.964. The lowest BCUT2D eigenvalue weighted by molar-refractivity contribution is -0.384. The van der Waals surface area contributed by atoms with E-state index in [0.29, 0.717) is 17.3 Å². The van der Waals surface area contributed by atoms with Crippen molar-refractivity contribution in [3.8, 4) is 5.75 Å². The topological polar surface area (TPSA) is 108 Å². The van der Waals surface area contributed by atoms with Gasteiger partial charge in [-0.05, 0) is 48.9 Å². The minimum absolute atomic E-state index is 0.0148. The molecule has 8 nitrogen and oxygen atoms in total. The van der Waals surface area contributed by atoms with Crippen molar-refractivity contribution in [1.82, 2.24) is 4.98 Å². The van der Waals surface area contributed by atoms with E-state index in [1.54, 1.807) is 24.4 Å². The van der Waals surface area contributed by atoms with E-state index in [1.165, 1.54) is 24.3 Å². The van der Waals surface area contributed by atoms with Gasteiger partial charge in [-0.3, -0.25) is 14.9 Å². The molecule has 3 aromatic rings. The predicted molar refractivity (Wildman–Crippen MR) is 93.1 cm³/mol. The SMILES string of the molecule is Cc1ccnc(NC(=O)c2ccc(COc3ccc([N+](=O)[O-])cc3)o2)c1. The zero-order valence-electron chi connectivity index (χ0n) is 13.8. The molecule has 1 aromatic carbocycles. The highest BCUT2D eigenvalue weighted by Crippen LogP contribution is 2.19. The van der Waals surface area contributed by atoms with Gasteiger partial charge >= 0.3 is 0 Å². The van der Waals surface area contributed by atoms with Crippen LogP contribution in [0.3, 0.4) is 0 Å². The fourth-order valence-corrected chi connectivity index (χ4v) is 2.18. The number of aromatic nitrogens is 1. The number of carbonyl (C=O) groups is 1. The van der Waals surface area contributed by atoms with Crippen molar-refractivity contribution in [3.63, 3.8) is 0 Å². The first-order valence-electron chi connectivity index (χ1n) is 7.71. The highest BCUT2D eigenvalue weighted by atomic mass is 16.6. The number of aryl methyl sites for hydroxylation is 1. The predicted octanol–water partition coefficient (Wildman–Crippen LogP) is 3.72. The fraction of sp³-hybridized carbons (Fsp3) is 0.111. The van der Waals surface area contributed by atoms with E-state index < -0.39 is 10.8 Å². The number of hydrogen-bond acceptors (Lipinski definition) is 6. The molecular formula is C18H15N3O5. The molecule has 132 valence electrons. The van der Waals surface area contributed by atoms with Crippen LogP contribution in [0.25, 0.3) is 0 Å². The van der Waals surface area contributed by atoms with Gasteiger partial charge in [-0.2, -0.15) is 0 Å². The Bertz CT molecular complexity index is 934. The summed E-state index contributed by atoms with van der Waals surface area (Å²) in [6.07, 6.45) is 1.61. The smallest absolute Gasteiger partial charge is 0.292 e. The first-order chi connectivity index (χ1) is 12.5. The number of benzene rings is 1.